The predicted molar refractivity (Wildman–Crippen MR) is 84.4 cm³/mol. The van der Waals surface area contributed by atoms with Crippen molar-refractivity contribution in [1.29, 1.82) is 0 Å². The third-order valence-corrected chi connectivity index (χ3v) is 3.22. The van der Waals surface area contributed by atoms with Crippen LogP contribution in [0.3, 0.4) is 0 Å². The van der Waals surface area contributed by atoms with Crippen LogP contribution in [-0.4, -0.2) is 46.6 Å². The lowest BCUT2D eigenvalue weighted by Gasteiger charge is -2.25. The van der Waals surface area contributed by atoms with Gasteiger partial charge in [0.05, 0.1) is 13.2 Å². The van der Waals surface area contributed by atoms with E-state index in [1.54, 1.807) is 7.11 Å². The number of anilines is 1. The highest BCUT2D eigenvalue weighted by Gasteiger charge is 2.08. The number of hydrogen-bond acceptors (Lipinski definition) is 4. The van der Waals surface area contributed by atoms with Gasteiger partial charge in [-0.1, -0.05) is 18.2 Å². The fraction of sp³-hybridized carbons (Fsp3) is 0.625. The zero-order valence-corrected chi connectivity index (χ0v) is 13.0. The first-order valence-corrected chi connectivity index (χ1v) is 7.43. The molecule has 0 amide bonds. The molecule has 1 aromatic rings. The van der Waals surface area contributed by atoms with Gasteiger partial charge in [0, 0.05) is 45.6 Å². The highest BCUT2D eigenvalue weighted by Crippen LogP contribution is 2.19. The van der Waals surface area contributed by atoms with Crippen molar-refractivity contribution in [3.05, 3.63) is 29.8 Å². The van der Waals surface area contributed by atoms with E-state index in [0.29, 0.717) is 0 Å². The fourth-order valence-electron chi connectivity index (χ4n) is 2.13. The van der Waals surface area contributed by atoms with Crippen molar-refractivity contribution in [3.63, 3.8) is 0 Å². The van der Waals surface area contributed by atoms with E-state index in [4.69, 9.17) is 9.47 Å². The van der Waals surface area contributed by atoms with Gasteiger partial charge in [0.1, 0.15) is 0 Å². The van der Waals surface area contributed by atoms with Crippen molar-refractivity contribution in [2.45, 2.75) is 20.4 Å². The molecule has 0 saturated heterocycles. The van der Waals surface area contributed by atoms with Gasteiger partial charge in [-0.15, -0.1) is 0 Å². The summed E-state index contributed by atoms with van der Waals surface area (Å²) in [5, 5.41) is 3.41. The molecule has 0 radical (unpaired) electrons. The molecule has 1 aromatic carbocycles. The second-order valence-corrected chi connectivity index (χ2v) is 4.57. The van der Waals surface area contributed by atoms with E-state index in [9.17, 15) is 0 Å². The average Bonchev–Trinajstić information content (AvgIpc) is 2.49. The Morgan fingerprint density at radius 3 is 2.65 bits per heavy atom. The Bertz CT molecular complexity index is 358. The van der Waals surface area contributed by atoms with Crippen molar-refractivity contribution in [2.75, 3.05) is 51.5 Å². The smallest absolute Gasteiger partial charge is 0.0641 e. The number of rotatable bonds is 11. The highest BCUT2D eigenvalue weighted by atomic mass is 16.5. The molecule has 0 atom stereocenters. The molecule has 20 heavy (non-hydrogen) atoms. The summed E-state index contributed by atoms with van der Waals surface area (Å²) < 4.78 is 10.5. The Morgan fingerprint density at radius 1 is 1.15 bits per heavy atom. The van der Waals surface area contributed by atoms with Gasteiger partial charge in [0.25, 0.3) is 0 Å². The quantitative estimate of drug-likeness (QED) is 0.631. The molecule has 4 heteroatoms. The molecule has 0 aromatic heterocycles. The van der Waals surface area contributed by atoms with Crippen molar-refractivity contribution in [2.24, 2.45) is 0 Å². The number of benzene rings is 1. The van der Waals surface area contributed by atoms with Crippen molar-refractivity contribution < 1.29 is 9.47 Å². The summed E-state index contributed by atoms with van der Waals surface area (Å²) in [4.78, 5) is 2.36. The zero-order valence-electron chi connectivity index (χ0n) is 13.0. The topological polar surface area (TPSA) is 33.7 Å². The molecule has 0 fully saturated rings. The van der Waals surface area contributed by atoms with Gasteiger partial charge in [0.15, 0.2) is 0 Å². The second-order valence-electron chi connectivity index (χ2n) is 4.57. The zero-order chi connectivity index (χ0) is 14.6. The summed E-state index contributed by atoms with van der Waals surface area (Å²) >= 11 is 0. The molecular weight excluding hydrogens is 252 g/mol. The number of nitrogens with one attached hydrogen (secondary N) is 1. The number of hydrogen-bond donors (Lipinski definition) is 1. The van der Waals surface area contributed by atoms with Crippen LogP contribution in [0.1, 0.15) is 19.4 Å². The maximum absolute atomic E-state index is 5.47. The van der Waals surface area contributed by atoms with E-state index in [1.165, 1.54) is 11.3 Å². The van der Waals surface area contributed by atoms with Crippen molar-refractivity contribution in [3.8, 4) is 0 Å². The summed E-state index contributed by atoms with van der Waals surface area (Å²) in [6.07, 6.45) is 0. The van der Waals surface area contributed by atoms with Crippen LogP contribution < -0.4 is 10.2 Å². The van der Waals surface area contributed by atoms with Gasteiger partial charge in [-0.25, -0.2) is 0 Å². The summed E-state index contributed by atoms with van der Waals surface area (Å²) in [7, 11) is 1.72. The molecule has 0 aliphatic rings. The highest BCUT2D eigenvalue weighted by molar-refractivity contribution is 5.53. The minimum atomic E-state index is 0.740. The van der Waals surface area contributed by atoms with Crippen LogP contribution >= 0.6 is 0 Å². The maximum atomic E-state index is 5.47. The minimum Gasteiger partial charge on any atom is -0.383 e. The van der Waals surface area contributed by atoms with Crippen LogP contribution in [0.25, 0.3) is 0 Å². The molecule has 114 valence electrons. The summed E-state index contributed by atoms with van der Waals surface area (Å²) in [6, 6.07) is 8.55. The molecule has 0 heterocycles. The Morgan fingerprint density at radius 2 is 1.95 bits per heavy atom. The fourth-order valence-corrected chi connectivity index (χ4v) is 2.13. The van der Waals surface area contributed by atoms with Crippen LogP contribution in [0.15, 0.2) is 24.3 Å². The van der Waals surface area contributed by atoms with Gasteiger partial charge in [0.2, 0.25) is 0 Å². The summed E-state index contributed by atoms with van der Waals surface area (Å²) in [5.74, 6) is 0. The van der Waals surface area contributed by atoms with Crippen LogP contribution in [0.5, 0.6) is 0 Å². The molecule has 0 unspecified atom stereocenters. The third-order valence-electron chi connectivity index (χ3n) is 3.22. The summed E-state index contributed by atoms with van der Waals surface area (Å²) in [6.45, 7) is 10.2. The molecule has 0 bridgehead atoms. The van der Waals surface area contributed by atoms with Gasteiger partial charge < -0.3 is 19.7 Å². The first kappa shape index (κ1) is 17.0. The Kier molecular flexibility index (Phi) is 9.04. The monoisotopic (exact) mass is 280 g/mol. The normalized spacial score (nSPS) is 10.8. The Labute approximate surface area is 123 Å². The Balaban J connectivity index is 2.61. The van der Waals surface area contributed by atoms with Crippen molar-refractivity contribution >= 4 is 5.69 Å². The molecule has 0 spiro atoms. The standard InChI is InChI=1S/C16H28N2O2/c1-4-18(11-13-20-5-2)16-9-7-6-8-15(16)14-17-10-12-19-3/h6-9,17H,4-5,10-14H2,1-3H3. The number of nitrogens with zero attached hydrogens (tertiary/aromatic N) is 1. The molecule has 1 rings (SSSR count). The Hall–Kier alpha value is -1.10. The molecule has 0 aliphatic carbocycles. The minimum absolute atomic E-state index is 0.740. The predicted octanol–water partition coefficient (Wildman–Crippen LogP) is 2.29. The molecule has 0 saturated carbocycles. The number of methoxy groups -OCH3 is 1. The number of ether oxygens (including phenoxy) is 2. The summed E-state index contributed by atoms with van der Waals surface area (Å²) in [5.41, 5.74) is 2.61. The largest absolute Gasteiger partial charge is 0.383 e. The van der Waals surface area contributed by atoms with Crippen LogP contribution in [-0.2, 0) is 16.0 Å². The van der Waals surface area contributed by atoms with Crippen LogP contribution in [0, 0.1) is 0 Å². The lowest BCUT2D eigenvalue weighted by Crippen LogP contribution is -2.29. The third kappa shape index (κ3) is 5.90. The maximum Gasteiger partial charge on any atom is 0.0641 e. The van der Waals surface area contributed by atoms with Crippen LogP contribution in [0.4, 0.5) is 5.69 Å². The second kappa shape index (κ2) is 10.7. The molecule has 1 N–H and O–H groups in total. The van der Waals surface area contributed by atoms with E-state index in [2.05, 4.69) is 41.4 Å². The SMILES string of the molecule is CCOCCN(CC)c1ccccc1CNCCOC. The average molecular weight is 280 g/mol. The molecular formula is C16H28N2O2. The lowest BCUT2D eigenvalue weighted by molar-refractivity contribution is 0.154. The van der Waals surface area contributed by atoms with Crippen molar-refractivity contribution in [1.82, 2.24) is 5.32 Å². The lowest BCUT2D eigenvalue weighted by atomic mass is 10.1. The molecule has 4 nitrogen and oxygen atoms in total. The molecule has 0 aliphatic heterocycles. The van der Waals surface area contributed by atoms with E-state index >= 15 is 0 Å². The van der Waals surface area contributed by atoms with Gasteiger partial charge in [-0.05, 0) is 25.5 Å². The van der Waals surface area contributed by atoms with E-state index < -0.39 is 0 Å². The van der Waals surface area contributed by atoms with Gasteiger partial charge in [-0.2, -0.15) is 0 Å². The van der Waals surface area contributed by atoms with E-state index in [0.717, 1.165) is 46.0 Å². The van der Waals surface area contributed by atoms with Gasteiger partial charge >= 0.3 is 0 Å². The van der Waals surface area contributed by atoms with E-state index in [1.807, 2.05) is 6.92 Å². The number of likely N-dealkylation sites (N-methyl/N-ethyl adjacent to an activating group) is 1. The van der Waals surface area contributed by atoms with Crippen LogP contribution in [0.2, 0.25) is 0 Å². The van der Waals surface area contributed by atoms with Gasteiger partial charge in [-0.3, -0.25) is 0 Å². The first-order chi connectivity index (χ1) is 9.83. The first-order valence-electron chi connectivity index (χ1n) is 7.43. The van der Waals surface area contributed by atoms with E-state index in [-0.39, 0.29) is 0 Å². The number of para-hydroxylation sites is 1.